The van der Waals surface area contributed by atoms with Crippen LogP contribution >= 0.6 is 0 Å². The van der Waals surface area contributed by atoms with Crippen LogP contribution in [0.5, 0.6) is 0 Å². The summed E-state index contributed by atoms with van der Waals surface area (Å²) in [6, 6.07) is 0. The number of hydrogen-bond donors (Lipinski definition) is 0. The average molecular weight is 251 g/mol. The molecule has 2 aliphatic rings. The summed E-state index contributed by atoms with van der Waals surface area (Å²) in [4.78, 5) is 14.6. The van der Waals surface area contributed by atoms with Crippen LogP contribution in [0.1, 0.15) is 59.3 Å². The van der Waals surface area contributed by atoms with Gasteiger partial charge in [0.05, 0.1) is 0 Å². The lowest BCUT2D eigenvalue weighted by Gasteiger charge is -2.28. The first-order chi connectivity index (χ1) is 8.47. The van der Waals surface area contributed by atoms with Gasteiger partial charge in [-0.05, 0) is 37.1 Å². The highest BCUT2D eigenvalue weighted by molar-refractivity contribution is 5.81. The van der Waals surface area contributed by atoms with E-state index in [1.165, 1.54) is 32.4 Å². The molecule has 0 spiro atoms. The molecule has 1 saturated carbocycles. The molecule has 2 nitrogen and oxygen atoms in total. The third-order valence-electron chi connectivity index (χ3n) is 4.91. The van der Waals surface area contributed by atoms with Gasteiger partial charge in [0.25, 0.3) is 0 Å². The van der Waals surface area contributed by atoms with E-state index >= 15 is 0 Å². The van der Waals surface area contributed by atoms with Crippen LogP contribution in [0.15, 0.2) is 0 Å². The molecule has 0 aromatic carbocycles. The van der Waals surface area contributed by atoms with Crippen LogP contribution in [0.3, 0.4) is 0 Å². The predicted molar refractivity (Wildman–Crippen MR) is 75.6 cm³/mol. The highest BCUT2D eigenvalue weighted by atomic mass is 16.1. The van der Waals surface area contributed by atoms with Gasteiger partial charge in [-0.2, -0.15) is 0 Å². The summed E-state index contributed by atoms with van der Waals surface area (Å²) in [7, 11) is 0. The van der Waals surface area contributed by atoms with Crippen molar-refractivity contribution in [2.24, 2.45) is 17.3 Å². The zero-order valence-electron chi connectivity index (χ0n) is 12.4. The maximum absolute atomic E-state index is 12.1. The fourth-order valence-corrected chi connectivity index (χ4v) is 3.44. The third kappa shape index (κ3) is 3.57. The first-order valence-electron chi connectivity index (χ1n) is 7.72. The molecule has 0 aromatic heterocycles. The van der Waals surface area contributed by atoms with Crippen molar-refractivity contribution in [1.29, 1.82) is 0 Å². The molecule has 18 heavy (non-hydrogen) atoms. The van der Waals surface area contributed by atoms with Crippen molar-refractivity contribution < 1.29 is 4.79 Å². The summed E-state index contributed by atoms with van der Waals surface area (Å²) >= 11 is 0. The fourth-order valence-electron chi connectivity index (χ4n) is 3.44. The van der Waals surface area contributed by atoms with E-state index in [2.05, 4.69) is 25.7 Å². The molecule has 2 fully saturated rings. The normalized spacial score (nSPS) is 31.6. The van der Waals surface area contributed by atoms with Gasteiger partial charge >= 0.3 is 0 Å². The lowest BCUT2D eigenvalue weighted by Crippen LogP contribution is -2.32. The molecule has 1 saturated heterocycles. The molecule has 0 N–H and O–H groups in total. The van der Waals surface area contributed by atoms with Crippen LogP contribution in [0, 0.1) is 17.3 Å². The highest BCUT2D eigenvalue weighted by Crippen LogP contribution is 2.34. The smallest absolute Gasteiger partial charge is 0.137 e. The Morgan fingerprint density at radius 3 is 2.61 bits per heavy atom. The van der Waals surface area contributed by atoms with Gasteiger partial charge in [0, 0.05) is 25.4 Å². The maximum atomic E-state index is 12.1. The summed E-state index contributed by atoms with van der Waals surface area (Å²) in [5.41, 5.74) is 0.419. The number of ketones is 1. The number of nitrogens with zero attached hydrogens (tertiary/aromatic N) is 1. The molecule has 1 aliphatic carbocycles. The topological polar surface area (TPSA) is 20.3 Å². The van der Waals surface area contributed by atoms with Gasteiger partial charge in [-0.1, -0.05) is 33.6 Å². The average Bonchev–Trinajstić information content (AvgIpc) is 2.66. The molecular formula is C16H29NO. The van der Waals surface area contributed by atoms with Crippen LogP contribution in [0.25, 0.3) is 0 Å². The molecule has 2 rings (SSSR count). The number of hydrogen-bond acceptors (Lipinski definition) is 2. The Morgan fingerprint density at radius 1 is 1.17 bits per heavy atom. The fraction of sp³-hybridized carbons (Fsp3) is 0.938. The second-order valence-corrected chi connectivity index (χ2v) is 7.37. The number of likely N-dealkylation sites (tertiary alicyclic amines) is 1. The number of Topliss-reactive ketones (excluding diaryl/α,β-unsaturated/α-hetero) is 1. The van der Waals surface area contributed by atoms with E-state index in [9.17, 15) is 4.79 Å². The van der Waals surface area contributed by atoms with E-state index in [-0.39, 0.29) is 0 Å². The molecule has 2 unspecified atom stereocenters. The van der Waals surface area contributed by atoms with Gasteiger partial charge in [0.15, 0.2) is 0 Å². The second kappa shape index (κ2) is 5.73. The molecule has 0 aromatic rings. The van der Waals surface area contributed by atoms with Gasteiger partial charge in [-0.3, -0.25) is 4.79 Å². The zero-order valence-corrected chi connectivity index (χ0v) is 12.4. The van der Waals surface area contributed by atoms with Crippen LogP contribution in [-0.4, -0.2) is 30.3 Å². The molecule has 1 heterocycles. The Bertz CT molecular complexity index is 292. The third-order valence-corrected chi connectivity index (χ3v) is 4.91. The van der Waals surface area contributed by atoms with Crippen molar-refractivity contribution in [2.45, 2.75) is 59.3 Å². The molecule has 2 atom stereocenters. The van der Waals surface area contributed by atoms with E-state index in [1.807, 2.05) is 0 Å². The number of carbonyl (C=O) groups excluding carboxylic acids is 1. The maximum Gasteiger partial charge on any atom is 0.137 e. The Kier molecular flexibility index (Phi) is 4.47. The highest BCUT2D eigenvalue weighted by Gasteiger charge is 2.33. The Hall–Kier alpha value is -0.370. The van der Waals surface area contributed by atoms with Crippen molar-refractivity contribution in [2.75, 3.05) is 19.6 Å². The summed E-state index contributed by atoms with van der Waals surface area (Å²) in [6.07, 6.45) is 6.92. The van der Waals surface area contributed by atoms with E-state index in [0.717, 1.165) is 31.7 Å². The van der Waals surface area contributed by atoms with Crippen molar-refractivity contribution in [3.05, 3.63) is 0 Å². The van der Waals surface area contributed by atoms with Crippen molar-refractivity contribution in [3.8, 4) is 0 Å². The van der Waals surface area contributed by atoms with Crippen molar-refractivity contribution in [1.82, 2.24) is 4.90 Å². The van der Waals surface area contributed by atoms with E-state index in [1.54, 1.807) is 0 Å². The van der Waals surface area contributed by atoms with Crippen LogP contribution in [0.2, 0.25) is 0 Å². The largest absolute Gasteiger partial charge is 0.302 e. The van der Waals surface area contributed by atoms with Gasteiger partial charge in [0.1, 0.15) is 5.78 Å². The van der Waals surface area contributed by atoms with Gasteiger partial charge in [0.2, 0.25) is 0 Å². The van der Waals surface area contributed by atoms with Gasteiger partial charge < -0.3 is 4.90 Å². The van der Waals surface area contributed by atoms with Crippen molar-refractivity contribution in [3.63, 3.8) is 0 Å². The molecule has 0 amide bonds. The lowest BCUT2D eigenvalue weighted by atomic mass is 9.80. The van der Waals surface area contributed by atoms with Crippen molar-refractivity contribution >= 4 is 5.78 Å². The first-order valence-corrected chi connectivity index (χ1v) is 7.72. The second-order valence-electron chi connectivity index (χ2n) is 7.37. The molecule has 0 bridgehead atoms. The van der Waals surface area contributed by atoms with Crippen LogP contribution in [0.4, 0.5) is 0 Å². The number of carbonyl (C=O) groups is 1. The molecule has 2 heteroatoms. The van der Waals surface area contributed by atoms with E-state index in [0.29, 0.717) is 17.1 Å². The summed E-state index contributed by atoms with van der Waals surface area (Å²) < 4.78 is 0. The summed E-state index contributed by atoms with van der Waals surface area (Å²) in [5, 5.41) is 0. The van der Waals surface area contributed by atoms with E-state index in [4.69, 9.17) is 0 Å². The molecule has 0 radical (unpaired) electrons. The number of rotatable bonds is 2. The van der Waals surface area contributed by atoms with Gasteiger partial charge in [-0.15, -0.1) is 0 Å². The van der Waals surface area contributed by atoms with Crippen LogP contribution < -0.4 is 0 Å². The standard InChI is InChI=1S/C16H29NO/c1-16(2,3)14-9-10-17(12-14)11-13-7-5-4-6-8-15(13)18/h13-14H,4-12H2,1-3H3. The first kappa shape index (κ1) is 14.0. The SMILES string of the molecule is CC(C)(C)C1CCN(CC2CCCCCC2=O)C1. The molecular weight excluding hydrogens is 222 g/mol. The predicted octanol–water partition coefficient (Wildman–Crippen LogP) is 3.50. The van der Waals surface area contributed by atoms with E-state index < -0.39 is 0 Å². The Labute approximate surface area is 112 Å². The quantitative estimate of drug-likeness (QED) is 0.700. The minimum Gasteiger partial charge on any atom is -0.302 e. The molecule has 104 valence electrons. The lowest BCUT2D eigenvalue weighted by molar-refractivity contribution is -0.123. The summed E-state index contributed by atoms with van der Waals surface area (Å²) in [5.74, 6) is 1.68. The summed E-state index contributed by atoms with van der Waals surface area (Å²) in [6.45, 7) is 10.5. The minimum atomic E-state index is 0.339. The zero-order chi connectivity index (χ0) is 13.2. The minimum absolute atomic E-state index is 0.339. The monoisotopic (exact) mass is 251 g/mol. The van der Waals surface area contributed by atoms with Gasteiger partial charge in [-0.25, -0.2) is 0 Å². The Morgan fingerprint density at radius 2 is 1.94 bits per heavy atom. The van der Waals surface area contributed by atoms with Crippen LogP contribution in [-0.2, 0) is 4.79 Å². The molecule has 1 aliphatic heterocycles. The Balaban J connectivity index is 1.85.